The van der Waals surface area contributed by atoms with Crippen LogP contribution >= 0.6 is 11.3 Å². The van der Waals surface area contributed by atoms with E-state index in [9.17, 15) is 4.79 Å². The van der Waals surface area contributed by atoms with Gasteiger partial charge in [-0.2, -0.15) is 0 Å². The predicted octanol–water partition coefficient (Wildman–Crippen LogP) is 2.21. The summed E-state index contributed by atoms with van der Waals surface area (Å²) >= 11 is 1.41. The minimum atomic E-state index is -0.0551. The molecule has 0 atom stereocenters. The number of rotatable bonds is 3. The van der Waals surface area contributed by atoms with E-state index in [0.29, 0.717) is 17.1 Å². The highest BCUT2D eigenvalue weighted by Crippen LogP contribution is 2.24. The number of amides is 1. The van der Waals surface area contributed by atoms with E-state index in [1.807, 2.05) is 19.9 Å². The second-order valence-electron chi connectivity index (χ2n) is 4.21. The molecule has 0 saturated heterocycles. The minimum absolute atomic E-state index is 0.0551. The Morgan fingerprint density at radius 1 is 1.50 bits per heavy atom. The highest BCUT2D eigenvalue weighted by molar-refractivity contribution is 7.14. The Labute approximate surface area is 109 Å². The van der Waals surface area contributed by atoms with Gasteiger partial charge in [0.05, 0.1) is 11.4 Å². The summed E-state index contributed by atoms with van der Waals surface area (Å²) < 4.78 is 4.97. The highest BCUT2D eigenvalue weighted by Gasteiger charge is 2.16. The average molecular weight is 265 g/mol. The average Bonchev–Trinajstić information content (AvgIpc) is 2.85. The lowest BCUT2D eigenvalue weighted by atomic mass is 10.3. The second-order valence-corrected chi connectivity index (χ2v) is 5.47. The van der Waals surface area contributed by atoms with Gasteiger partial charge in [0.25, 0.3) is 5.91 Å². The van der Waals surface area contributed by atoms with Gasteiger partial charge in [0.1, 0.15) is 11.5 Å². The number of hydrogen-bond donors (Lipinski definition) is 1. The first-order chi connectivity index (χ1) is 8.47. The molecular weight excluding hydrogens is 250 g/mol. The number of carbonyl (C=O) groups is 1. The van der Waals surface area contributed by atoms with Crippen molar-refractivity contribution in [1.82, 2.24) is 10.1 Å². The van der Waals surface area contributed by atoms with Crippen molar-refractivity contribution in [3.05, 3.63) is 33.3 Å². The molecule has 0 aromatic carbocycles. The summed E-state index contributed by atoms with van der Waals surface area (Å²) in [4.78, 5) is 15.4. The van der Waals surface area contributed by atoms with E-state index in [1.165, 1.54) is 11.3 Å². The summed E-state index contributed by atoms with van der Waals surface area (Å²) in [6, 6.07) is 3.53. The number of aryl methyl sites for hydroxylation is 2. The summed E-state index contributed by atoms with van der Waals surface area (Å²) in [5.74, 6) is 0.683. The van der Waals surface area contributed by atoms with Gasteiger partial charge in [-0.1, -0.05) is 5.16 Å². The molecule has 18 heavy (non-hydrogen) atoms. The van der Waals surface area contributed by atoms with E-state index in [0.717, 1.165) is 16.3 Å². The van der Waals surface area contributed by atoms with Crippen molar-refractivity contribution < 1.29 is 9.32 Å². The van der Waals surface area contributed by atoms with E-state index in [-0.39, 0.29) is 5.91 Å². The fraction of sp³-hybridized carbons (Fsp3) is 0.333. The fourth-order valence-corrected chi connectivity index (χ4v) is 2.53. The molecule has 96 valence electrons. The quantitative estimate of drug-likeness (QED) is 0.923. The molecule has 2 aromatic rings. The first-order valence-corrected chi connectivity index (χ1v) is 6.32. The molecule has 0 unspecified atom stereocenters. The molecule has 0 aliphatic carbocycles. The van der Waals surface area contributed by atoms with Gasteiger partial charge in [-0.15, -0.1) is 11.3 Å². The van der Waals surface area contributed by atoms with E-state index in [2.05, 4.69) is 5.16 Å². The SMILES string of the molecule is Cc1cc(CN(C)C(=O)c2cc(N)c(C)s2)no1. The van der Waals surface area contributed by atoms with Crippen LogP contribution in [0.15, 0.2) is 16.7 Å². The molecule has 6 heteroatoms. The summed E-state index contributed by atoms with van der Waals surface area (Å²) in [5, 5.41) is 3.86. The van der Waals surface area contributed by atoms with Gasteiger partial charge in [-0.05, 0) is 19.9 Å². The molecule has 5 nitrogen and oxygen atoms in total. The van der Waals surface area contributed by atoms with Crippen molar-refractivity contribution >= 4 is 22.9 Å². The van der Waals surface area contributed by atoms with Gasteiger partial charge in [-0.3, -0.25) is 4.79 Å². The lowest BCUT2D eigenvalue weighted by molar-refractivity contribution is 0.0787. The van der Waals surface area contributed by atoms with Crippen LogP contribution in [-0.4, -0.2) is 23.0 Å². The number of nitrogen functional groups attached to an aromatic ring is 1. The van der Waals surface area contributed by atoms with Gasteiger partial charge >= 0.3 is 0 Å². The maximum absolute atomic E-state index is 12.1. The van der Waals surface area contributed by atoms with Crippen molar-refractivity contribution in [2.45, 2.75) is 20.4 Å². The summed E-state index contributed by atoms with van der Waals surface area (Å²) in [7, 11) is 1.73. The Hall–Kier alpha value is -1.82. The summed E-state index contributed by atoms with van der Waals surface area (Å²) in [6.45, 7) is 4.15. The summed E-state index contributed by atoms with van der Waals surface area (Å²) in [5.41, 5.74) is 7.15. The topological polar surface area (TPSA) is 72.4 Å². The number of anilines is 1. The van der Waals surface area contributed by atoms with E-state index in [1.54, 1.807) is 18.0 Å². The van der Waals surface area contributed by atoms with Crippen molar-refractivity contribution in [3.8, 4) is 0 Å². The zero-order chi connectivity index (χ0) is 13.3. The molecule has 0 bridgehead atoms. The Bertz CT molecular complexity index is 554. The van der Waals surface area contributed by atoms with Crippen LogP contribution in [0, 0.1) is 13.8 Å². The van der Waals surface area contributed by atoms with Crippen LogP contribution in [0.5, 0.6) is 0 Å². The molecule has 1 amide bonds. The van der Waals surface area contributed by atoms with Gasteiger partial charge < -0.3 is 15.2 Å². The zero-order valence-electron chi connectivity index (χ0n) is 10.6. The molecule has 2 heterocycles. The third kappa shape index (κ3) is 2.53. The maximum Gasteiger partial charge on any atom is 0.264 e. The smallest absolute Gasteiger partial charge is 0.264 e. The predicted molar refractivity (Wildman–Crippen MR) is 70.5 cm³/mol. The first kappa shape index (κ1) is 12.6. The Morgan fingerprint density at radius 2 is 2.22 bits per heavy atom. The highest BCUT2D eigenvalue weighted by atomic mass is 32.1. The van der Waals surface area contributed by atoms with Crippen molar-refractivity contribution in [2.75, 3.05) is 12.8 Å². The van der Waals surface area contributed by atoms with Crippen molar-refractivity contribution in [1.29, 1.82) is 0 Å². The van der Waals surface area contributed by atoms with Crippen LogP contribution in [0.25, 0.3) is 0 Å². The zero-order valence-corrected chi connectivity index (χ0v) is 11.4. The minimum Gasteiger partial charge on any atom is -0.398 e. The Balaban J connectivity index is 2.09. The normalized spacial score (nSPS) is 10.6. The first-order valence-electron chi connectivity index (χ1n) is 5.51. The molecular formula is C12H15N3O2S. The largest absolute Gasteiger partial charge is 0.398 e. The lowest BCUT2D eigenvalue weighted by Crippen LogP contribution is -2.25. The molecule has 0 radical (unpaired) electrons. The molecule has 0 saturated carbocycles. The van der Waals surface area contributed by atoms with Crippen LogP contribution in [-0.2, 0) is 6.54 Å². The van der Waals surface area contributed by atoms with Crippen LogP contribution in [0.3, 0.4) is 0 Å². The fourth-order valence-electron chi connectivity index (χ4n) is 1.60. The molecule has 0 aliphatic heterocycles. The molecule has 2 N–H and O–H groups in total. The monoisotopic (exact) mass is 265 g/mol. The van der Waals surface area contributed by atoms with Gasteiger partial charge in [0, 0.05) is 23.7 Å². The van der Waals surface area contributed by atoms with Crippen LogP contribution < -0.4 is 5.73 Å². The third-order valence-corrected chi connectivity index (χ3v) is 3.64. The van der Waals surface area contributed by atoms with Gasteiger partial charge in [0.2, 0.25) is 0 Å². The van der Waals surface area contributed by atoms with Crippen LogP contribution in [0.4, 0.5) is 5.69 Å². The Kier molecular flexibility index (Phi) is 3.38. The second kappa shape index (κ2) is 4.81. The van der Waals surface area contributed by atoms with Gasteiger partial charge in [-0.25, -0.2) is 0 Å². The van der Waals surface area contributed by atoms with E-state index < -0.39 is 0 Å². The number of carbonyl (C=O) groups excluding carboxylic acids is 1. The van der Waals surface area contributed by atoms with E-state index >= 15 is 0 Å². The summed E-state index contributed by atoms with van der Waals surface area (Å²) in [6.07, 6.45) is 0. The van der Waals surface area contributed by atoms with Crippen molar-refractivity contribution in [3.63, 3.8) is 0 Å². The molecule has 0 fully saturated rings. The van der Waals surface area contributed by atoms with E-state index in [4.69, 9.17) is 10.3 Å². The third-order valence-electron chi connectivity index (χ3n) is 2.59. The number of nitrogens with two attached hydrogens (primary N) is 1. The van der Waals surface area contributed by atoms with Crippen LogP contribution in [0.1, 0.15) is 26.0 Å². The maximum atomic E-state index is 12.1. The Morgan fingerprint density at radius 3 is 2.72 bits per heavy atom. The standard InChI is InChI=1S/C12H15N3O2S/c1-7-4-9(14-17-7)6-15(3)12(16)11-5-10(13)8(2)18-11/h4-5H,6,13H2,1-3H3. The molecule has 2 rings (SSSR count). The van der Waals surface area contributed by atoms with Crippen LogP contribution in [0.2, 0.25) is 0 Å². The van der Waals surface area contributed by atoms with Crippen molar-refractivity contribution in [2.24, 2.45) is 0 Å². The lowest BCUT2D eigenvalue weighted by Gasteiger charge is -2.13. The molecule has 2 aromatic heterocycles. The van der Waals surface area contributed by atoms with Gasteiger partial charge in [0.15, 0.2) is 0 Å². The number of aromatic nitrogens is 1. The number of hydrogen-bond acceptors (Lipinski definition) is 5. The number of nitrogens with zero attached hydrogens (tertiary/aromatic N) is 2. The molecule has 0 aliphatic rings. The molecule has 0 spiro atoms. The number of thiophene rings is 1.